The van der Waals surface area contributed by atoms with E-state index in [9.17, 15) is 9.59 Å². The molecule has 0 bridgehead atoms. The van der Waals surface area contributed by atoms with Gasteiger partial charge in [-0.1, -0.05) is 91.4 Å². The van der Waals surface area contributed by atoms with Crippen LogP contribution in [0.4, 0.5) is 0 Å². The van der Waals surface area contributed by atoms with Crippen molar-refractivity contribution in [2.75, 3.05) is 6.54 Å². The summed E-state index contributed by atoms with van der Waals surface area (Å²) in [5.41, 5.74) is 3.24. The van der Waals surface area contributed by atoms with Crippen molar-refractivity contribution >= 4 is 62.2 Å². The molecule has 186 valence electrons. The summed E-state index contributed by atoms with van der Waals surface area (Å²) in [6.07, 6.45) is 4.02. The van der Waals surface area contributed by atoms with Gasteiger partial charge in [-0.3, -0.25) is 14.5 Å². The standard InChI is InChI=1S/C27H30BrNO4S2/c1-27(2,3)20-10-8-18(9-11-20)17-33-22-13-12-21(28)15-19(22)16-23-25(32)29(26(34)35-23)14-6-4-5-7-24(30)31/h8-13,15-16H,4-7,14,17H2,1-3H3,(H,30,31)/b23-16+. The molecule has 0 unspecified atom stereocenters. The van der Waals surface area contributed by atoms with E-state index in [0.717, 1.165) is 22.0 Å². The number of nitrogens with zero attached hydrogens (tertiary/aromatic N) is 1. The number of unbranched alkanes of at least 4 members (excludes halogenated alkanes) is 2. The zero-order valence-corrected chi connectivity index (χ0v) is 23.4. The second kappa shape index (κ2) is 12.2. The van der Waals surface area contributed by atoms with Gasteiger partial charge in [0, 0.05) is 23.0 Å². The molecular formula is C27H30BrNO4S2. The Bertz CT molecular complexity index is 1120. The number of benzene rings is 2. The van der Waals surface area contributed by atoms with Crippen molar-refractivity contribution in [1.82, 2.24) is 4.90 Å². The van der Waals surface area contributed by atoms with Crippen LogP contribution in [0, 0.1) is 0 Å². The van der Waals surface area contributed by atoms with E-state index < -0.39 is 5.97 Å². The number of hydrogen-bond acceptors (Lipinski definition) is 5. The summed E-state index contributed by atoms with van der Waals surface area (Å²) in [6.45, 7) is 7.48. The molecule has 0 atom stereocenters. The third-order valence-corrected chi connectivity index (χ3v) is 7.49. The first-order chi connectivity index (χ1) is 16.5. The van der Waals surface area contributed by atoms with Crippen LogP contribution < -0.4 is 4.74 Å². The Labute approximate surface area is 225 Å². The minimum atomic E-state index is -0.799. The summed E-state index contributed by atoms with van der Waals surface area (Å²) in [5.74, 6) is -0.235. The van der Waals surface area contributed by atoms with Gasteiger partial charge in [0.25, 0.3) is 5.91 Å². The van der Waals surface area contributed by atoms with E-state index in [4.69, 9.17) is 22.1 Å². The Kier molecular flexibility index (Phi) is 9.55. The second-order valence-corrected chi connectivity index (χ2v) is 12.0. The van der Waals surface area contributed by atoms with E-state index in [-0.39, 0.29) is 17.7 Å². The molecule has 5 nitrogen and oxygen atoms in total. The molecule has 1 aliphatic heterocycles. The second-order valence-electron chi connectivity index (χ2n) is 9.46. The summed E-state index contributed by atoms with van der Waals surface area (Å²) in [6, 6.07) is 14.2. The van der Waals surface area contributed by atoms with Gasteiger partial charge in [-0.05, 0) is 53.7 Å². The van der Waals surface area contributed by atoms with Crippen molar-refractivity contribution < 1.29 is 19.4 Å². The summed E-state index contributed by atoms with van der Waals surface area (Å²) >= 11 is 10.2. The van der Waals surface area contributed by atoms with E-state index in [1.54, 1.807) is 4.90 Å². The molecule has 0 aromatic heterocycles. The highest BCUT2D eigenvalue weighted by atomic mass is 79.9. The lowest BCUT2D eigenvalue weighted by Gasteiger charge is -2.19. The zero-order chi connectivity index (χ0) is 25.6. The monoisotopic (exact) mass is 575 g/mol. The first kappa shape index (κ1) is 27.4. The maximum Gasteiger partial charge on any atom is 0.303 e. The summed E-state index contributed by atoms with van der Waals surface area (Å²) in [5, 5.41) is 8.76. The van der Waals surface area contributed by atoms with Crippen LogP contribution in [0.1, 0.15) is 63.1 Å². The van der Waals surface area contributed by atoms with Crippen molar-refractivity contribution in [3.05, 3.63) is 68.5 Å². The van der Waals surface area contributed by atoms with Crippen LogP contribution in [0.3, 0.4) is 0 Å². The number of carbonyl (C=O) groups is 2. The number of carboxylic acid groups (broad SMARTS) is 1. The normalized spacial score (nSPS) is 15.2. The third kappa shape index (κ3) is 7.92. The van der Waals surface area contributed by atoms with E-state index >= 15 is 0 Å². The zero-order valence-electron chi connectivity index (χ0n) is 20.2. The van der Waals surface area contributed by atoms with Crippen LogP contribution in [-0.2, 0) is 21.6 Å². The lowest BCUT2D eigenvalue weighted by Crippen LogP contribution is -2.29. The van der Waals surface area contributed by atoms with Crippen LogP contribution in [0.2, 0.25) is 0 Å². The van der Waals surface area contributed by atoms with Crippen molar-refractivity contribution in [3.8, 4) is 5.75 Å². The Morgan fingerprint density at radius 3 is 2.51 bits per heavy atom. The number of rotatable bonds is 10. The van der Waals surface area contributed by atoms with Gasteiger partial charge >= 0.3 is 5.97 Å². The minimum absolute atomic E-state index is 0.100. The number of halogens is 1. The molecule has 1 aliphatic rings. The highest BCUT2D eigenvalue weighted by molar-refractivity contribution is 9.10. The van der Waals surface area contributed by atoms with Gasteiger partial charge in [0.15, 0.2) is 0 Å². The number of carboxylic acids is 1. The first-order valence-electron chi connectivity index (χ1n) is 11.5. The molecular weight excluding hydrogens is 546 g/mol. The molecule has 2 aromatic carbocycles. The average molecular weight is 577 g/mol. The fourth-order valence-corrected chi connectivity index (χ4v) is 5.26. The molecule has 8 heteroatoms. The number of ether oxygens (including phenoxy) is 1. The predicted octanol–water partition coefficient (Wildman–Crippen LogP) is 7.17. The van der Waals surface area contributed by atoms with Crippen LogP contribution in [-0.4, -0.2) is 32.7 Å². The molecule has 0 aliphatic carbocycles. The molecule has 35 heavy (non-hydrogen) atoms. The number of thioether (sulfide) groups is 1. The summed E-state index contributed by atoms with van der Waals surface area (Å²) < 4.78 is 7.55. The van der Waals surface area contributed by atoms with Gasteiger partial charge < -0.3 is 9.84 Å². The van der Waals surface area contributed by atoms with E-state index in [0.29, 0.717) is 41.0 Å². The quantitative estimate of drug-likeness (QED) is 0.184. The largest absolute Gasteiger partial charge is 0.488 e. The van der Waals surface area contributed by atoms with Gasteiger partial charge in [-0.25, -0.2) is 0 Å². The number of amides is 1. The fraction of sp³-hybridized carbons (Fsp3) is 0.370. The van der Waals surface area contributed by atoms with Gasteiger partial charge in [0.05, 0.1) is 4.91 Å². The topological polar surface area (TPSA) is 66.8 Å². The van der Waals surface area contributed by atoms with Crippen LogP contribution in [0.5, 0.6) is 5.75 Å². The molecule has 1 fully saturated rings. The van der Waals surface area contributed by atoms with Crippen LogP contribution in [0.15, 0.2) is 51.8 Å². The van der Waals surface area contributed by atoms with Crippen molar-refractivity contribution in [2.45, 2.75) is 58.5 Å². The number of carbonyl (C=O) groups excluding carboxylic acids is 1. The molecule has 0 spiro atoms. The molecule has 2 aromatic rings. The van der Waals surface area contributed by atoms with Gasteiger partial charge in [0.2, 0.25) is 0 Å². The lowest BCUT2D eigenvalue weighted by molar-refractivity contribution is -0.137. The fourth-order valence-electron chi connectivity index (χ4n) is 3.58. The number of thiocarbonyl (C=S) groups is 1. The Morgan fingerprint density at radius 2 is 1.86 bits per heavy atom. The number of aliphatic carboxylic acids is 1. The molecule has 0 saturated carbocycles. The molecule has 1 heterocycles. The maximum atomic E-state index is 13.0. The smallest absolute Gasteiger partial charge is 0.303 e. The molecule has 3 rings (SSSR count). The Hall–Kier alpha value is -2.16. The molecule has 1 amide bonds. The highest BCUT2D eigenvalue weighted by Crippen LogP contribution is 2.35. The molecule has 0 radical (unpaired) electrons. The first-order valence-corrected chi connectivity index (χ1v) is 13.6. The van der Waals surface area contributed by atoms with Crippen LogP contribution in [0.25, 0.3) is 6.08 Å². The Morgan fingerprint density at radius 1 is 1.14 bits per heavy atom. The predicted molar refractivity (Wildman–Crippen MR) is 150 cm³/mol. The minimum Gasteiger partial charge on any atom is -0.488 e. The summed E-state index contributed by atoms with van der Waals surface area (Å²) in [4.78, 5) is 25.8. The molecule has 1 N–H and O–H groups in total. The molecule has 1 saturated heterocycles. The average Bonchev–Trinajstić information content (AvgIpc) is 3.05. The third-order valence-electron chi connectivity index (χ3n) is 5.62. The highest BCUT2D eigenvalue weighted by Gasteiger charge is 2.31. The Balaban J connectivity index is 1.68. The van der Waals surface area contributed by atoms with Crippen molar-refractivity contribution in [3.63, 3.8) is 0 Å². The van der Waals surface area contributed by atoms with E-state index in [2.05, 4.69) is 61.0 Å². The van der Waals surface area contributed by atoms with Gasteiger partial charge in [-0.15, -0.1) is 0 Å². The maximum absolute atomic E-state index is 13.0. The van der Waals surface area contributed by atoms with Gasteiger partial charge in [0.1, 0.15) is 16.7 Å². The van der Waals surface area contributed by atoms with Crippen LogP contribution >= 0.6 is 39.9 Å². The van der Waals surface area contributed by atoms with Gasteiger partial charge in [-0.2, -0.15) is 0 Å². The van der Waals surface area contributed by atoms with Crippen molar-refractivity contribution in [1.29, 1.82) is 0 Å². The number of hydrogen-bond donors (Lipinski definition) is 1. The lowest BCUT2D eigenvalue weighted by atomic mass is 9.87. The SMILES string of the molecule is CC(C)(C)c1ccc(COc2ccc(Br)cc2/C=C2/SC(=S)N(CCCCCC(=O)O)C2=O)cc1. The van der Waals surface area contributed by atoms with Crippen molar-refractivity contribution in [2.24, 2.45) is 0 Å². The summed E-state index contributed by atoms with van der Waals surface area (Å²) in [7, 11) is 0. The van der Waals surface area contributed by atoms with E-state index in [1.807, 2.05) is 24.3 Å². The van der Waals surface area contributed by atoms with E-state index in [1.165, 1.54) is 17.3 Å².